The maximum Gasteiger partial charge on any atom is 0.264 e. The molecule has 0 bridgehead atoms. The number of sulfonamides is 1. The van der Waals surface area contributed by atoms with E-state index in [2.05, 4.69) is 5.32 Å². The van der Waals surface area contributed by atoms with Crippen molar-refractivity contribution in [2.75, 3.05) is 25.0 Å². The van der Waals surface area contributed by atoms with Gasteiger partial charge in [-0.15, -0.1) is 0 Å². The smallest absolute Gasteiger partial charge is 0.264 e. The first-order valence-electron chi connectivity index (χ1n) is 11.8. The minimum Gasteiger partial charge on any atom is -0.495 e. The lowest BCUT2D eigenvalue weighted by molar-refractivity contribution is -0.139. The Kier molecular flexibility index (Phi) is 10.1. The lowest BCUT2D eigenvalue weighted by atomic mass is 10.1. The molecule has 0 radical (unpaired) electrons. The summed E-state index contributed by atoms with van der Waals surface area (Å²) < 4.78 is 34.2. The summed E-state index contributed by atoms with van der Waals surface area (Å²) in [5.74, 6) is -0.956. The average molecular weight is 613 g/mol. The van der Waals surface area contributed by atoms with Crippen LogP contribution in [0.15, 0.2) is 65.6 Å². The fraction of sp³-hybridized carbons (Fsp3) is 0.259. The lowest BCUT2D eigenvalue weighted by Crippen LogP contribution is -2.50. The largest absolute Gasteiger partial charge is 0.495 e. The van der Waals surface area contributed by atoms with Gasteiger partial charge in [-0.1, -0.05) is 58.6 Å². The molecule has 0 saturated heterocycles. The number of amides is 2. The summed E-state index contributed by atoms with van der Waals surface area (Å²) in [7, 11) is -1.48. The van der Waals surface area contributed by atoms with Crippen molar-refractivity contribution in [1.29, 1.82) is 0 Å². The molecule has 3 aromatic rings. The minimum absolute atomic E-state index is 0.0389. The van der Waals surface area contributed by atoms with E-state index in [0.29, 0.717) is 15.6 Å². The highest BCUT2D eigenvalue weighted by Crippen LogP contribution is 2.35. The van der Waals surface area contributed by atoms with E-state index in [1.807, 2.05) is 6.92 Å². The van der Waals surface area contributed by atoms with Gasteiger partial charge in [0.1, 0.15) is 18.3 Å². The van der Waals surface area contributed by atoms with E-state index in [-0.39, 0.29) is 27.9 Å². The van der Waals surface area contributed by atoms with Gasteiger partial charge in [0.15, 0.2) is 0 Å². The van der Waals surface area contributed by atoms with Crippen LogP contribution in [0.1, 0.15) is 18.1 Å². The molecule has 0 spiro atoms. The molecular formula is C27H28Cl3N3O5S. The molecular weight excluding hydrogens is 585 g/mol. The molecule has 39 heavy (non-hydrogen) atoms. The molecule has 2 amide bonds. The standard InChI is InChI=1S/C27H28Cl3N3O5S/c1-17-8-11-20(12-9-17)39(36,37)33(24-14-19(28)10-13-25(24)38-4)16-26(34)32(18(2)27(35)31-3)15-21-22(29)6-5-7-23(21)30/h5-14,18H,15-16H2,1-4H3,(H,31,35)/t18-/m0/s1. The first kappa shape index (κ1) is 30.6. The van der Waals surface area contributed by atoms with Gasteiger partial charge in [-0.05, 0) is 56.3 Å². The molecule has 0 saturated carbocycles. The van der Waals surface area contributed by atoms with Gasteiger partial charge in [0.2, 0.25) is 11.8 Å². The number of hydrogen-bond donors (Lipinski definition) is 1. The molecule has 0 aromatic heterocycles. The summed E-state index contributed by atoms with van der Waals surface area (Å²) in [6.45, 7) is 2.54. The van der Waals surface area contributed by atoms with Crippen LogP contribution in [-0.4, -0.2) is 51.9 Å². The number of carbonyl (C=O) groups is 2. The minimum atomic E-state index is -4.30. The molecule has 8 nitrogen and oxygen atoms in total. The summed E-state index contributed by atoms with van der Waals surface area (Å²) in [4.78, 5) is 27.7. The number of carbonyl (C=O) groups excluding carboxylic acids is 2. The van der Waals surface area contributed by atoms with Gasteiger partial charge < -0.3 is 15.0 Å². The van der Waals surface area contributed by atoms with E-state index in [0.717, 1.165) is 9.87 Å². The normalized spacial score (nSPS) is 12.0. The predicted octanol–water partition coefficient (Wildman–Crippen LogP) is 5.32. The Balaban J connectivity index is 2.14. The van der Waals surface area contributed by atoms with E-state index in [1.54, 1.807) is 36.4 Å². The first-order valence-corrected chi connectivity index (χ1v) is 14.3. The van der Waals surface area contributed by atoms with E-state index < -0.39 is 34.4 Å². The summed E-state index contributed by atoms with van der Waals surface area (Å²) in [5.41, 5.74) is 1.33. The Morgan fingerprint density at radius 1 is 1.00 bits per heavy atom. The molecule has 1 N–H and O–H groups in total. The van der Waals surface area contributed by atoms with E-state index in [9.17, 15) is 18.0 Å². The van der Waals surface area contributed by atoms with Crippen LogP contribution in [0.2, 0.25) is 15.1 Å². The maximum absolute atomic E-state index is 13.9. The number of likely N-dealkylation sites (N-methyl/N-ethyl adjacent to an activating group) is 1. The monoisotopic (exact) mass is 611 g/mol. The van der Waals surface area contributed by atoms with Crippen molar-refractivity contribution in [2.45, 2.75) is 31.3 Å². The van der Waals surface area contributed by atoms with E-state index in [1.165, 1.54) is 50.2 Å². The van der Waals surface area contributed by atoms with E-state index >= 15 is 0 Å². The van der Waals surface area contributed by atoms with Crippen LogP contribution in [0.5, 0.6) is 5.75 Å². The second-order valence-corrected chi connectivity index (χ2v) is 11.8. The van der Waals surface area contributed by atoms with Gasteiger partial charge in [0.05, 0.1) is 17.7 Å². The SMILES string of the molecule is CNC(=O)[C@H](C)N(Cc1c(Cl)cccc1Cl)C(=O)CN(c1cc(Cl)ccc1OC)S(=O)(=O)c1ccc(C)cc1. The zero-order valence-electron chi connectivity index (χ0n) is 21.7. The van der Waals surface area contributed by atoms with Crippen LogP contribution in [0.25, 0.3) is 0 Å². The molecule has 0 fully saturated rings. The highest BCUT2D eigenvalue weighted by molar-refractivity contribution is 7.92. The summed E-state index contributed by atoms with van der Waals surface area (Å²) in [5, 5.41) is 3.35. The Hall–Kier alpha value is -2.98. The number of rotatable bonds is 10. The van der Waals surface area contributed by atoms with Gasteiger partial charge in [0.25, 0.3) is 10.0 Å². The number of nitrogens with one attached hydrogen (secondary N) is 1. The molecule has 0 unspecified atom stereocenters. The maximum atomic E-state index is 13.9. The van der Waals surface area contributed by atoms with Crippen LogP contribution in [-0.2, 0) is 26.2 Å². The highest BCUT2D eigenvalue weighted by Gasteiger charge is 2.34. The van der Waals surface area contributed by atoms with Gasteiger partial charge in [0, 0.05) is 34.2 Å². The fourth-order valence-corrected chi connectivity index (χ4v) is 5.95. The number of aryl methyl sites for hydroxylation is 1. The Morgan fingerprint density at radius 2 is 1.62 bits per heavy atom. The number of nitrogens with zero attached hydrogens (tertiary/aromatic N) is 2. The molecule has 3 rings (SSSR count). The Labute approximate surface area is 243 Å². The van der Waals surface area contributed by atoms with Crippen LogP contribution < -0.4 is 14.4 Å². The topological polar surface area (TPSA) is 96.0 Å². The number of methoxy groups -OCH3 is 1. The van der Waals surface area contributed by atoms with Crippen molar-refractivity contribution in [3.05, 3.63) is 86.9 Å². The summed E-state index contributed by atoms with van der Waals surface area (Å²) >= 11 is 19.0. The van der Waals surface area contributed by atoms with Gasteiger partial charge >= 0.3 is 0 Å². The van der Waals surface area contributed by atoms with Crippen LogP contribution in [0, 0.1) is 6.92 Å². The number of hydrogen-bond acceptors (Lipinski definition) is 5. The van der Waals surface area contributed by atoms with Crippen molar-refractivity contribution in [1.82, 2.24) is 10.2 Å². The third kappa shape index (κ3) is 6.97. The highest BCUT2D eigenvalue weighted by atomic mass is 35.5. The lowest BCUT2D eigenvalue weighted by Gasteiger charge is -2.32. The van der Waals surface area contributed by atoms with E-state index in [4.69, 9.17) is 39.5 Å². The fourth-order valence-electron chi connectivity index (χ4n) is 3.85. The molecule has 0 heterocycles. The number of benzene rings is 3. The molecule has 208 valence electrons. The zero-order valence-corrected chi connectivity index (χ0v) is 24.8. The van der Waals surface area contributed by atoms with Crippen LogP contribution in [0.4, 0.5) is 5.69 Å². The van der Waals surface area contributed by atoms with Crippen molar-refractivity contribution in [2.24, 2.45) is 0 Å². The number of halogens is 3. The second-order valence-electron chi connectivity index (χ2n) is 8.65. The quantitative estimate of drug-likeness (QED) is 0.334. The molecule has 12 heteroatoms. The first-order chi connectivity index (χ1) is 18.4. The van der Waals surface area contributed by atoms with Gasteiger partial charge in [-0.25, -0.2) is 8.42 Å². The van der Waals surface area contributed by atoms with Gasteiger partial charge in [-0.2, -0.15) is 0 Å². The van der Waals surface area contributed by atoms with Gasteiger partial charge in [-0.3, -0.25) is 13.9 Å². The van der Waals surface area contributed by atoms with Crippen molar-refractivity contribution < 1.29 is 22.7 Å². The zero-order chi connectivity index (χ0) is 28.9. The number of ether oxygens (including phenoxy) is 1. The Bertz CT molecular complexity index is 1450. The molecule has 3 aromatic carbocycles. The second kappa shape index (κ2) is 12.9. The third-order valence-corrected chi connectivity index (χ3v) is 8.82. The predicted molar refractivity (Wildman–Crippen MR) is 154 cm³/mol. The van der Waals surface area contributed by atoms with Crippen molar-refractivity contribution >= 4 is 62.3 Å². The van der Waals surface area contributed by atoms with Crippen LogP contribution >= 0.6 is 34.8 Å². The third-order valence-electron chi connectivity index (χ3n) is 6.10. The molecule has 0 aliphatic carbocycles. The molecule has 1 atom stereocenters. The van der Waals surface area contributed by atoms with Crippen molar-refractivity contribution in [3.63, 3.8) is 0 Å². The summed E-state index contributed by atoms with van der Waals surface area (Å²) in [6, 6.07) is 14.6. The molecule has 0 aliphatic rings. The number of anilines is 1. The van der Waals surface area contributed by atoms with Crippen molar-refractivity contribution in [3.8, 4) is 5.75 Å². The molecule has 0 aliphatic heterocycles. The Morgan fingerprint density at radius 3 is 2.18 bits per heavy atom. The summed E-state index contributed by atoms with van der Waals surface area (Å²) in [6.07, 6.45) is 0. The average Bonchev–Trinajstić information content (AvgIpc) is 2.90. The van der Waals surface area contributed by atoms with Crippen LogP contribution in [0.3, 0.4) is 0 Å².